The number of nitrogens with zero attached hydrogens (tertiary/aromatic N) is 1. The maximum absolute atomic E-state index is 9.46. The normalized spacial score (nSPS) is 45.6. The Morgan fingerprint density at radius 2 is 2.21 bits per heavy atom. The first kappa shape index (κ1) is 10.6. The lowest BCUT2D eigenvalue weighted by atomic mass is 10.00. The molecule has 0 aromatic heterocycles. The van der Waals surface area contributed by atoms with Crippen LogP contribution < -0.4 is 11.1 Å². The number of nitrogens with one attached hydrogen (secondary N) is 1. The summed E-state index contributed by atoms with van der Waals surface area (Å²) >= 11 is 6.24. The summed E-state index contributed by atoms with van der Waals surface area (Å²) in [5, 5.41) is 12.7. The van der Waals surface area contributed by atoms with Crippen molar-refractivity contribution in [3.63, 3.8) is 0 Å². The fraction of sp³-hybridized carbons (Fsp3) is 1.00. The van der Waals surface area contributed by atoms with Crippen molar-refractivity contribution in [3.05, 3.63) is 0 Å². The van der Waals surface area contributed by atoms with Crippen LogP contribution in [-0.2, 0) is 0 Å². The maximum Gasteiger partial charge on any atom is 0.0679 e. The third-order valence-electron chi connectivity index (χ3n) is 3.15. The van der Waals surface area contributed by atoms with Crippen LogP contribution in [0.2, 0.25) is 0 Å². The molecular formula is C9H18ClN3O. The van der Waals surface area contributed by atoms with Crippen molar-refractivity contribution < 1.29 is 5.11 Å². The molecule has 2 fully saturated rings. The van der Waals surface area contributed by atoms with Crippen LogP contribution in [0.1, 0.15) is 6.42 Å². The molecule has 0 aromatic carbocycles. The van der Waals surface area contributed by atoms with Crippen LogP contribution in [0.15, 0.2) is 0 Å². The third-order valence-corrected chi connectivity index (χ3v) is 3.56. The van der Waals surface area contributed by atoms with E-state index in [4.69, 9.17) is 17.3 Å². The second kappa shape index (κ2) is 4.33. The van der Waals surface area contributed by atoms with Gasteiger partial charge in [-0.25, -0.2) is 0 Å². The molecule has 2 aliphatic rings. The Hall–Kier alpha value is 0.130. The van der Waals surface area contributed by atoms with E-state index in [0.29, 0.717) is 0 Å². The highest BCUT2D eigenvalue weighted by Gasteiger charge is 2.37. The van der Waals surface area contributed by atoms with Crippen LogP contribution in [0, 0.1) is 0 Å². The van der Waals surface area contributed by atoms with Crippen molar-refractivity contribution in [1.82, 2.24) is 10.2 Å². The first-order valence-electron chi connectivity index (χ1n) is 5.21. The van der Waals surface area contributed by atoms with E-state index in [1.54, 1.807) is 0 Å². The summed E-state index contributed by atoms with van der Waals surface area (Å²) in [4.78, 5) is 2.23. The van der Waals surface area contributed by atoms with Gasteiger partial charge in [0.15, 0.2) is 0 Å². The van der Waals surface area contributed by atoms with E-state index in [-0.39, 0.29) is 23.6 Å². The summed E-state index contributed by atoms with van der Waals surface area (Å²) < 4.78 is 0. The maximum atomic E-state index is 9.46. The average Bonchev–Trinajstić information content (AvgIpc) is 2.51. The Bertz CT molecular complexity index is 194. The highest BCUT2D eigenvalue weighted by molar-refractivity contribution is 6.21. The van der Waals surface area contributed by atoms with E-state index in [2.05, 4.69) is 10.2 Å². The van der Waals surface area contributed by atoms with Gasteiger partial charge in [-0.1, -0.05) is 0 Å². The summed E-state index contributed by atoms with van der Waals surface area (Å²) in [7, 11) is 0. The van der Waals surface area contributed by atoms with Crippen molar-refractivity contribution in [1.29, 1.82) is 0 Å². The Morgan fingerprint density at radius 1 is 1.43 bits per heavy atom. The van der Waals surface area contributed by atoms with Crippen molar-refractivity contribution >= 4 is 11.6 Å². The number of likely N-dealkylation sites (tertiary alicyclic amines) is 1. The second-order valence-corrected chi connectivity index (χ2v) is 4.83. The summed E-state index contributed by atoms with van der Waals surface area (Å²) in [6.45, 7) is 3.28. The minimum absolute atomic E-state index is 0.0593. The van der Waals surface area contributed by atoms with Gasteiger partial charge in [0, 0.05) is 38.3 Å². The molecule has 2 rings (SSSR count). The standard InChI is InChI=1S/C9H18ClN3O/c10-7-3-12-4-8(11)9(7)13-2-1-6(14)5-13/h6-9,12,14H,1-5,11H2/t6?,7?,8?,9-/m1/s1. The molecule has 2 aliphatic heterocycles. The molecule has 0 spiro atoms. The molecule has 14 heavy (non-hydrogen) atoms. The third kappa shape index (κ3) is 2.04. The lowest BCUT2D eigenvalue weighted by molar-refractivity contribution is 0.137. The number of β-amino-alcohol motifs (C(OH)–C–C–N with tert-alkyl or cyclic N) is 1. The van der Waals surface area contributed by atoms with Crippen molar-refractivity contribution in [2.24, 2.45) is 5.73 Å². The van der Waals surface area contributed by atoms with Gasteiger partial charge in [-0.3, -0.25) is 4.90 Å². The largest absolute Gasteiger partial charge is 0.392 e. The van der Waals surface area contributed by atoms with Gasteiger partial charge in [0.2, 0.25) is 0 Å². The minimum Gasteiger partial charge on any atom is -0.392 e. The summed E-state index contributed by atoms with van der Waals surface area (Å²) in [5.41, 5.74) is 6.02. The molecule has 4 nitrogen and oxygen atoms in total. The van der Waals surface area contributed by atoms with Crippen molar-refractivity contribution in [3.8, 4) is 0 Å². The Balaban J connectivity index is 1.99. The van der Waals surface area contributed by atoms with E-state index in [1.165, 1.54) is 0 Å². The van der Waals surface area contributed by atoms with E-state index in [9.17, 15) is 5.11 Å². The molecule has 0 radical (unpaired) electrons. The molecule has 2 heterocycles. The number of hydrogen-bond acceptors (Lipinski definition) is 4. The number of aliphatic hydroxyl groups excluding tert-OH is 1. The number of rotatable bonds is 1. The van der Waals surface area contributed by atoms with Crippen LogP contribution in [0.4, 0.5) is 0 Å². The summed E-state index contributed by atoms with van der Waals surface area (Å²) in [5.74, 6) is 0. The molecular weight excluding hydrogens is 202 g/mol. The van der Waals surface area contributed by atoms with E-state index in [1.807, 2.05) is 0 Å². The molecule has 3 unspecified atom stereocenters. The molecule has 0 amide bonds. The van der Waals surface area contributed by atoms with Gasteiger partial charge >= 0.3 is 0 Å². The van der Waals surface area contributed by atoms with Gasteiger partial charge in [-0.05, 0) is 6.42 Å². The average molecular weight is 220 g/mol. The zero-order chi connectivity index (χ0) is 10.1. The zero-order valence-corrected chi connectivity index (χ0v) is 8.95. The first-order valence-corrected chi connectivity index (χ1v) is 5.64. The predicted molar refractivity (Wildman–Crippen MR) is 56.5 cm³/mol. The monoisotopic (exact) mass is 219 g/mol. The second-order valence-electron chi connectivity index (χ2n) is 4.27. The van der Waals surface area contributed by atoms with Crippen LogP contribution >= 0.6 is 11.6 Å². The number of alkyl halides is 1. The topological polar surface area (TPSA) is 61.5 Å². The van der Waals surface area contributed by atoms with Gasteiger partial charge in [0.1, 0.15) is 0 Å². The minimum atomic E-state index is -0.194. The molecule has 4 atom stereocenters. The predicted octanol–water partition coefficient (Wildman–Crippen LogP) is -1.04. The quantitative estimate of drug-likeness (QED) is 0.493. The Labute approximate surface area is 89.4 Å². The fourth-order valence-electron chi connectivity index (χ4n) is 2.44. The highest BCUT2D eigenvalue weighted by Crippen LogP contribution is 2.21. The van der Waals surface area contributed by atoms with Crippen LogP contribution in [0.3, 0.4) is 0 Å². The molecule has 0 aromatic rings. The smallest absolute Gasteiger partial charge is 0.0679 e. The lowest BCUT2D eigenvalue weighted by Gasteiger charge is -2.39. The first-order chi connectivity index (χ1) is 6.68. The molecule has 5 heteroatoms. The van der Waals surface area contributed by atoms with E-state index >= 15 is 0 Å². The van der Waals surface area contributed by atoms with Crippen molar-refractivity contribution in [2.75, 3.05) is 26.2 Å². The van der Waals surface area contributed by atoms with Crippen LogP contribution in [0.5, 0.6) is 0 Å². The summed E-state index contributed by atoms with van der Waals surface area (Å²) in [6, 6.07) is 0.298. The zero-order valence-electron chi connectivity index (χ0n) is 8.19. The highest BCUT2D eigenvalue weighted by atomic mass is 35.5. The molecule has 0 aliphatic carbocycles. The molecule has 4 N–H and O–H groups in total. The number of halogens is 1. The van der Waals surface area contributed by atoms with Crippen LogP contribution in [0.25, 0.3) is 0 Å². The van der Waals surface area contributed by atoms with Gasteiger partial charge in [0.05, 0.1) is 11.5 Å². The number of aliphatic hydroxyl groups is 1. The lowest BCUT2D eigenvalue weighted by Crippen LogP contribution is -2.62. The molecule has 2 saturated heterocycles. The van der Waals surface area contributed by atoms with Gasteiger partial charge in [0.25, 0.3) is 0 Å². The van der Waals surface area contributed by atoms with Gasteiger partial charge in [-0.2, -0.15) is 0 Å². The molecule has 0 bridgehead atoms. The Kier molecular flexibility index (Phi) is 3.29. The molecule has 0 saturated carbocycles. The van der Waals surface area contributed by atoms with Crippen LogP contribution in [-0.4, -0.2) is 59.8 Å². The summed E-state index contributed by atoms with van der Waals surface area (Å²) in [6.07, 6.45) is 0.654. The molecule has 82 valence electrons. The van der Waals surface area contributed by atoms with E-state index in [0.717, 1.165) is 32.6 Å². The Morgan fingerprint density at radius 3 is 2.79 bits per heavy atom. The SMILES string of the molecule is NC1CNCC(Cl)[C@H]1N1CCC(O)C1. The van der Waals surface area contributed by atoms with Gasteiger partial charge in [-0.15, -0.1) is 11.6 Å². The van der Waals surface area contributed by atoms with Crippen molar-refractivity contribution in [2.45, 2.75) is 30.0 Å². The van der Waals surface area contributed by atoms with E-state index < -0.39 is 0 Å². The fourth-order valence-corrected chi connectivity index (χ4v) is 2.89. The number of hydrogen-bond donors (Lipinski definition) is 3. The van der Waals surface area contributed by atoms with Gasteiger partial charge < -0.3 is 16.2 Å². The number of nitrogens with two attached hydrogens (primary N) is 1. The number of piperidine rings is 1.